The first-order chi connectivity index (χ1) is 7.47. The Morgan fingerprint density at radius 2 is 2.06 bits per heavy atom. The van der Waals surface area contributed by atoms with Crippen LogP contribution in [0.4, 0.5) is 19.1 Å². The van der Waals surface area contributed by atoms with Crippen molar-refractivity contribution >= 4 is 18.4 Å². The number of hydrogen-bond acceptors (Lipinski definition) is 4. The molecule has 17 heavy (non-hydrogen) atoms. The molecule has 2 heterocycles. The number of nitrogens with zero attached hydrogens (tertiary/aromatic N) is 2. The van der Waals surface area contributed by atoms with Crippen molar-refractivity contribution in [2.45, 2.75) is 25.1 Å². The summed E-state index contributed by atoms with van der Waals surface area (Å²) in [6.45, 7) is 0.788. The van der Waals surface area contributed by atoms with Crippen molar-refractivity contribution in [3.63, 3.8) is 0 Å². The minimum absolute atomic E-state index is 0. The molecule has 1 aromatic heterocycles. The number of aromatic nitrogens is 2. The second kappa shape index (κ2) is 5.05. The van der Waals surface area contributed by atoms with Crippen LogP contribution in [0.25, 0.3) is 0 Å². The van der Waals surface area contributed by atoms with Gasteiger partial charge in [0.05, 0.1) is 5.69 Å². The Kier molecular flexibility index (Phi) is 4.16. The lowest BCUT2D eigenvalue weighted by atomic mass is 10.1. The maximum atomic E-state index is 12.5. The van der Waals surface area contributed by atoms with Crippen molar-refractivity contribution in [1.29, 1.82) is 0 Å². The Morgan fingerprint density at radius 3 is 2.59 bits per heavy atom. The molecule has 1 saturated heterocycles. The number of anilines is 1. The molecule has 96 valence electrons. The van der Waals surface area contributed by atoms with Gasteiger partial charge in [-0.3, -0.25) is 0 Å². The molecule has 8 heteroatoms. The van der Waals surface area contributed by atoms with Crippen LogP contribution in [0.2, 0.25) is 0 Å². The molecule has 0 saturated carbocycles. The maximum Gasteiger partial charge on any atom is 0.433 e. The standard InChI is InChI=1S/C9H11F3N4.ClH/c10-9(11,12)7-4-6(15-8(13)16-7)5-2-1-3-14-5;/h4-5,14H,1-3H2,(H2,13,15,16);1H. The summed E-state index contributed by atoms with van der Waals surface area (Å²) in [5.74, 6) is -0.335. The average molecular weight is 269 g/mol. The van der Waals surface area contributed by atoms with Crippen molar-refractivity contribution in [3.05, 3.63) is 17.5 Å². The first-order valence-corrected chi connectivity index (χ1v) is 4.92. The molecule has 0 aliphatic carbocycles. The van der Waals surface area contributed by atoms with E-state index in [0.29, 0.717) is 5.69 Å². The highest BCUT2D eigenvalue weighted by molar-refractivity contribution is 5.85. The Morgan fingerprint density at radius 1 is 1.35 bits per heavy atom. The van der Waals surface area contributed by atoms with Gasteiger partial charge in [0.1, 0.15) is 5.69 Å². The van der Waals surface area contributed by atoms with E-state index in [1.54, 1.807) is 0 Å². The summed E-state index contributed by atoms with van der Waals surface area (Å²) in [5.41, 5.74) is 4.61. The van der Waals surface area contributed by atoms with Crippen LogP contribution in [-0.4, -0.2) is 16.5 Å². The molecule has 1 unspecified atom stereocenters. The second-order valence-corrected chi connectivity index (χ2v) is 3.68. The zero-order chi connectivity index (χ0) is 11.8. The van der Waals surface area contributed by atoms with Crippen LogP contribution >= 0.6 is 12.4 Å². The van der Waals surface area contributed by atoms with E-state index in [0.717, 1.165) is 25.5 Å². The van der Waals surface area contributed by atoms with Gasteiger partial charge in [-0.15, -0.1) is 12.4 Å². The number of hydrogen-bond donors (Lipinski definition) is 2. The van der Waals surface area contributed by atoms with Gasteiger partial charge in [-0.2, -0.15) is 13.2 Å². The van der Waals surface area contributed by atoms with Crippen LogP contribution < -0.4 is 11.1 Å². The summed E-state index contributed by atoms with van der Waals surface area (Å²) in [5, 5.41) is 3.07. The van der Waals surface area contributed by atoms with Gasteiger partial charge in [-0.25, -0.2) is 9.97 Å². The van der Waals surface area contributed by atoms with E-state index in [4.69, 9.17) is 5.73 Å². The van der Waals surface area contributed by atoms with Crippen LogP contribution in [0, 0.1) is 0 Å². The summed E-state index contributed by atoms with van der Waals surface area (Å²) in [6, 6.07) is 0.811. The van der Waals surface area contributed by atoms with E-state index in [1.165, 1.54) is 0 Å². The Balaban J connectivity index is 0.00000144. The molecule has 1 fully saturated rings. The van der Waals surface area contributed by atoms with Gasteiger partial charge >= 0.3 is 6.18 Å². The van der Waals surface area contributed by atoms with Crippen molar-refractivity contribution < 1.29 is 13.2 Å². The number of halogens is 4. The third-order valence-electron chi connectivity index (χ3n) is 2.47. The van der Waals surface area contributed by atoms with Gasteiger partial charge in [0, 0.05) is 6.04 Å². The van der Waals surface area contributed by atoms with Crippen LogP contribution in [-0.2, 0) is 6.18 Å². The number of nitrogens with one attached hydrogen (secondary N) is 1. The van der Waals surface area contributed by atoms with Gasteiger partial charge < -0.3 is 11.1 Å². The second-order valence-electron chi connectivity index (χ2n) is 3.68. The minimum Gasteiger partial charge on any atom is -0.368 e. The Bertz CT molecular complexity index is 390. The quantitative estimate of drug-likeness (QED) is 0.817. The highest BCUT2D eigenvalue weighted by Crippen LogP contribution is 2.30. The Labute approximate surface area is 102 Å². The highest BCUT2D eigenvalue weighted by atomic mass is 35.5. The fourth-order valence-electron chi connectivity index (χ4n) is 1.75. The molecule has 0 amide bonds. The van der Waals surface area contributed by atoms with Crippen molar-refractivity contribution in [2.75, 3.05) is 12.3 Å². The van der Waals surface area contributed by atoms with Gasteiger partial charge in [-0.05, 0) is 25.5 Å². The lowest BCUT2D eigenvalue weighted by Gasteiger charge is -2.12. The molecule has 4 nitrogen and oxygen atoms in total. The zero-order valence-electron chi connectivity index (χ0n) is 8.79. The molecule has 2 rings (SSSR count). The largest absolute Gasteiger partial charge is 0.433 e. The number of nitrogens with two attached hydrogens (primary N) is 1. The number of alkyl halides is 3. The van der Waals surface area contributed by atoms with E-state index in [1.807, 2.05) is 0 Å². The monoisotopic (exact) mass is 268 g/mol. The van der Waals surface area contributed by atoms with Crippen molar-refractivity contribution in [3.8, 4) is 0 Å². The van der Waals surface area contributed by atoms with E-state index in [2.05, 4.69) is 15.3 Å². The van der Waals surface area contributed by atoms with E-state index in [9.17, 15) is 13.2 Å². The Hall–Kier alpha value is -1.08. The predicted molar refractivity (Wildman–Crippen MR) is 58.7 cm³/mol. The maximum absolute atomic E-state index is 12.5. The molecular formula is C9H12ClF3N4. The SMILES string of the molecule is Cl.Nc1nc(C2CCCN2)cc(C(F)(F)F)n1. The summed E-state index contributed by atoms with van der Waals surface area (Å²) >= 11 is 0. The van der Waals surface area contributed by atoms with E-state index >= 15 is 0 Å². The lowest BCUT2D eigenvalue weighted by Crippen LogP contribution is -2.18. The van der Waals surface area contributed by atoms with Crippen molar-refractivity contribution in [1.82, 2.24) is 15.3 Å². The molecule has 1 aliphatic heterocycles. The fraction of sp³-hybridized carbons (Fsp3) is 0.556. The molecule has 0 radical (unpaired) electrons. The zero-order valence-corrected chi connectivity index (χ0v) is 9.61. The summed E-state index contributed by atoms with van der Waals surface area (Å²) in [6.07, 6.45) is -2.78. The van der Waals surface area contributed by atoms with E-state index < -0.39 is 11.9 Å². The van der Waals surface area contributed by atoms with Gasteiger partial charge in [0.25, 0.3) is 0 Å². The lowest BCUT2D eigenvalue weighted by molar-refractivity contribution is -0.141. The summed E-state index contributed by atoms with van der Waals surface area (Å²) in [4.78, 5) is 7.02. The molecule has 0 aromatic carbocycles. The fourth-order valence-corrected chi connectivity index (χ4v) is 1.75. The van der Waals surface area contributed by atoms with Crippen LogP contribution in [0.3, 0.4) is 0 Å². The van der Waals surface area contributed by atoms with Crippen LogP contribution in [0.5, 0.6) is 0 Å². The normalized spacial score (nSPS) is 20.1. The molecule has 0 spiro atoms. The summed E-state index contributed by atoms with van der Waals surface area (Å²) < 4.78 is 37.4. The smallest absolute Gasteiger partial charge is 0.368 e. The molecular weight excluding hydrogens is 257 g/mol. The molecule has 1 aliphatic rings. The topological polar surface area (TPSA) is 63.8 Å². The van der Waals surface area contributed by atoms with E-state index in [-0.39, 0.29) is 24.4 Å². The third-order valence-corrected chi connectivity index (χ3v) is 2.47. The van der Waals surface area contributed by atoms with Gasteiger partial charge in [0.2, 0.25) is 5.95 Å². The third kappa shape index (κ3) is 3.19. The minimum atomic E-state index is -4.48. The first kappa shape index (κ1) is 14.0. The highest BCUT2D eigenvalue weighted by Gasteiger charge is 2.34. The first-order valence-electron chi connectivity index (χ1n) is 4.92. The molecule has 1 atom stereocenters. The molecule has 1 aromatic rings. The molecule has 0 bridgehead atoms. The van der Waals surface area contributed by atoms with Crippen molar-refractivity contribution in [2.24, 2.45) is 0 Å². The van der Waals surface area contributed by atoms with Crippen LogP contribution in [0.15, 0.2) is 6.07 Å². The van der Waals surface area contributed by atoms with Crippen LogP contribution in [0.1, 0.15) is 30.3 Å². The average Bonchev–Trinajstić information content (AvgIpc) is 2.68. The van der Waals surface area contributed by atoms with Gasteiger partial charge in [0.15, 0.2) is 0 Å². The molecule has 3 N–H and O–H groups in total. The predicted octanol–water partition coefficient (Wildman–Crippen LogP) is 1.92. The van der Waals surface area contributed by atoms with Gasteiger partial charge in [-0.1, -0.05) is 0 Å². The number of nitrogen functional groups attached to an aromatic ring is 1. The number of rotatable bonds is 1. The summed E-state index contributed by atoms with van der Waals surface area (Å²) in [7, 11) is 0.